The summed E-state index contributed by atoms with van der Waals surface area (Å²) >= 11 is 1.23. The van der Waals surface area contributed by atoms with Crippen molar-refractivity contribution in [2.24, 2.45) is 0 Å². The first-order valence-electron chi connectivity index (χ1n) is 9.16. The van der Waals surface area contributed by atoms with Gasteiger partial charge >= 0.3 is 8.80 Å². The van der Waals surface area contributed by atoms with Gasteiger partial charge in [0.2, 0.25) is 5.41 Å². The van der Waals surface area contributed by atoms with Crippen LogP contribution >= 0.6 is 11.8 Å². The molecule has 0 unspecified atom stereocenters. The van der Waals surface area contributed by atoms with E-state index in [1.807, 2.05) is 20.8 Å². The van der Waals surface area contributed by atoms with Gasteiger partial charge in [0.1, 0.15) is 0 Å². The second-order valence-electron chi connectivity index (χ2n) is 5.41. The summed E-state index contributed by atoms with van der Waals surface area (Å²) in [6.07, 6.45) is 6.51. The van der Waals surface area contributed by atoms with E-state index >= 15 is 0 Å². The molecule has 5 nitrogen and oxygen atoms in total. The Morgan fingerprint density at radius 1 is 0.792 bits per heavy atom. The van der Waals surface area contributed by atoms with E-state index in [-0.39, 0.29) is 16.9 Å². The number of hydrogen-bond acceptors (Lipinski definition) is 6. The van der Waals surface area contributed by atoms with Crippen molar-refractivity contribution < 1.29 is 22.9 Å². The van der Waals surface area contributed by atoms with Crippen molar-refractivity contribution in [3.63, 3.8) is 0 Å². The van der Waals surface area contributed by atoms with Gasteiger partial charge in [0.25, 0.3) is 0 Å². The first-order valence-corrected chi connectivity index (χ1v) is 11.9. The maximum absolute atomic E-state index is 12.5. The van der Waals surface area contributed by atoms with Gasteiger partial charge in [0.15, 0.2) is 5.12 Å². The van der Waals surface area contributed by atoms with E-state index in [2.05, 4.69) is 6.92 Å². The zero-order valence-electron chi connectivity index (χ0n) is 15.7. The average Bonchev–Trinajstić information content (AvgIpc) is 2.55. The van der Waals surface area contributed by atoms with Crippen molar-refractivity contribution in [1.82, 2.24) is 0 Å². The first kappa shape index (κ1) is 23.8. The van der Waals surface area contributed by atoms with Crippen LogP contribution in [0.25, 0.3) is 0 Å². The van der Waals surface area contributed by atoms with Crippen LogP contribution in [0.3, 0.4) is 0 Å². The molecule has 142 valence electrons. The summed E-state index contributed by atoms with van der Waals surface area (Å²) in [5.74, 6) is 0.467. The molecular formula is C17H34O5SSi. The van der Waals surface area contributed by atoms with Crippen LogP contribution in [0.5, 0.6) is 0 Å². The molecule has 24 heavy (non-hydrogen) atoms. The van der Waals surface area contributed by atoms with Gasteiger partial charge in [-0.2, -0.15) is 0 Å². The lowest BCUT2D eigenvalue weighted by atomic mass is 10.1. The van der Waals surface area contributed by atoms with E-state index in [1.54, 1.807) is 0 Å². The molecule has 0 aliphatic heterocycles. The lowest BCUT2D eigenvalue weighted by Gasteiger charge is -2.26. The zero-order valence-corrected chi connectivity index (χ0v) is 17.5. The highest BCUT2D eigenvalue weighted by atomic mass is 32.2. The third kappa shape index (κ3) is 9.93. The molecule has 7 heteroatoms. The molecule has 0 atom stereocenters. The first-order chi connectivity index (χ1) is 11.6. The molecule has 0 heterocycles. The standard InChI is InChI=1S/C17H34O5SSi/c1-5-9-10-11-12-13-16(18)23-15-14-17(19)24(20-6-2,21-7-3)22-8-4/h5-15H2,1-4H3. The van der Waals surface area contributed by atoms with Crippen molar-refractivity contribution in [1.29, 1.82) is 0 Å². The molecule has 0 amide bonds. The normalized spacial score (nSPS) is 11.7. The number of hydrogen-bond donors (Lipinski definition) is 0. The van der Waals surface area contributed by atoms with Crippen LogP contribution in [0.2, 0.25) is 0 Å². The van der Waals surface area contributed by atoms with Crippen molar-refractivity contribution in [2.75, 3.05) is 25.6 Å². The molecule has 0 aliphatic carbocycles. The number of thioether (sulfide) groups is 1. The Labute approximate surface area is 152 Å². The van der Waals surface area contributed by atoms with Gasteiger partial charge < -0.3 is 13.3 Å². The van der Waals surface area contributed by atoms with Crippen molar-refractivity contribution in [2.45, 2.75) is 72.6 Å². The molecule has 0 bridgehead atoms. The van der Waals surface area contributed by atoms with Crippen LogP contribution in [-0.2, 0) is 22.9 Å². The SMILES string of the molecule is CCCCCCCC(=O)SCCC(=O)[Si](OCC)(OCC)OCC. The molecule has 0 radical (unpaired) electrons. The molecule has 0 N–H and O–H groups in total. The van der Waals surface area contributed by atoms with Crippen LogP contribution < -0.4 is 0 Å². The molecule has 0 saturated heterocycles. The van der Waals surface area contributed by atoms with Crippen LogP contribution in [0.15, 0.2) is 0 Å². The molecule has 0 saturated carbocycles. The summed E-state index contributed by atoms with van der Waals surface area (Å²) < 4.78 is 16.7. The Hall–Kier alpha value is -0.213. The third-order valence-corrected chi connectivity index (χ3v) is 7.29. The molecule has 0 aromatic carbocycles. The fraction of sp³-hybridized carbons (Fsp3) is 0.882. The van der Waals surface area contributed by atoms with Crippen molar-refractivity contribution in [3.8, 4) is 0 Å². The van der Waals surface area contributed by atoms with Gasteiger partial charge in [-0.1, -0.05) is 44.4 Å². The summed E-state index contributed by atoms with van der Waals surface area (Å²) in [4.78, 5) is 24.4. The van der Waals surface area contributed by atoms with E-state index in [4.69, 9.17) is 13.3 Å². The predicted octanol–water partition coefficient (Wildman–Crippen LogP) is 4.15. The Morgan fingerprint density at radius 3 is 1.83 bits per heavy atom. The average molecular weight is 379 g/mol. The molecule has 0 rings (SSSR count). The highest BCUT2D eigenvalue weighted by molar-refractivity contribution is 8.13. The topological polar surface area (TPSA) is 61.8 Å². The van der Waals surface area contributed by atoms with Crippen LogP contribution in [0, 0.1) is 0 Å². The van der Waals surface area contributed by atoms with Crippen LogP contribution in [-0.4, -0.2) is 44.9 Å². The Morgan fingerprint density at radius 2 is 1.33 bits per heavy atom. The quantitative estimate of drug-likeness (QED) is 0.297. The summed E-state index contributed by atoms with van der Waals surface area (Å²) in [6.45, 7) is 8.77. The Kier molecular flexibility index (Phi) is 14.9. The number of unbranched alkanes of at least 4 members (excludes halogenated alkanes) is 4. The van der Waals surface area contributed by atoms with Gasteiger partial charge in [0, 0.05) is 38.4 Å². The molecule has 0 spiro atoms. The molecule has 0 aromatic rings. The van der Waals surface area contributed by atoms with Crippen molar-refractivity contribution >= 4 is 31.1 Å². The molecule has 0 aliphatic rings. The smallest absolute Gasteiger partial charge is 0.369 e. The number of carbonyl (C=O) groups excluding carboxylic acids is 2. The fourth-order valence-corrected chi connectivity index (χ4v) is 5.58. The summed E-state index contributed by atoms with van der Waals surface area (Å²) in [5, 5.41) is 0.0343. The lowest BCUT2D eigenvalue weighted by Crippen LogP contribution is -2.54. The third-order valence-electron chi connectivity index (χ3n) is 3.42. The van der Waals surface area contributed by atoms with Gasteiger partial charge in [-0.3, -0.25) is 9.59 Å². The molecular weight excluding hydrogens is 344 g/mol. The van der Waals surface area contributed by atoms with E-state index in [9.17, 15) is 9.59 Å². The van der Waals surface area contributed by atoms with Gasteiger partial charge in [-0.05, 0) is 27.2 Å². The highest BCUT2D eigenvalue weighted by Crippen LogP contribution is 2.17. The van der Waals surface area contributed by atoms with E-state index < -0.39 is 8.80 Å². The van der Waals surface area contributed by atoms with E-state index in [0.29, 0.717) is 32.0 Å². The highest BCUT2D eigenvalue weighted by Gasteiger charge is 2.48. The maximum atomic E-state index is 12.5. The number of rotatable bonds is 16. The lowest BCUT2D eigenvalue weighted by molar-refractivity contribution is -0.119. The minimum absolute atomic E-state index is 0.128. The predicted molar refractivity (Wildman–Crippen MR) is 101 cm³/mol. The zero-order chi connectivity index (χ0) is 18.3. The van der Waals surface area contributed by atoms with Crippen LogP contribution in [0.1, 0.15) is 72.6 Å². The molecule has 0 aromatic heterocycles. The van der Waals surface area contributed by atoms with E-state index in [1.165, 1.54) is 31.0 Å². The Bertz CT molecular complexity index is 335. The van der Waals surface area contributed by atoms with Gasteiger partial charge in [-0.25, -0.2) is 0 Å². The summed E-state index contributed by atoms with van der Waals surface area (Å²) in [5.41, 5.74) is 0. The van der Waals surface area contributed by atoms with Crippen LogP contribution in [0.4, 0.5) is 0 Å². The molecule has 0 fully saturated rings. The largest absolute Gasteiger partial charge is 0.574 e. The summed E-state index contributed by atoms with van der Waals surface area (Å²) in [6, 6.07) is 0. The summed E-state index contributed by atoms with van der Waals surface area (Å²) in [7, 11) is -3.27. The second kappa shape index (κ2) is 15.1. The fourth-order valence-electron chi connectivity index (χ4n) is 2.29. The second-order valence-corrected chi connectivity index (χ2v) is 9.10. The monoisotopic (exact) mass is 378 g/mol. The van der Waals surface area contributed by atoms with Gasteiger partial charge in [-0.15, -0.1) is 0 Å². The number of carbonyl (C=O) groups is 2. The van der Waals surface area contributed by atoms with Gasteiger partial charge in [0.05, 0.1) is 0 Å². The maximum Gasteiger partial charge on any atom is 0.574 e. The Balaban J connectivity index is 4.20. The van der Waals surface area contributed by atoms with Crippen molar-refractivity contribution in [3.05, 3.63) is 0 Å². The van der Waals surface area contributed by atoms with E-state index in [0.717, 1.165) is 12.8 Å². The minimum atomic E-state index is -3.27. The minimum Gasteiger partial charge on any atom is -0.369 e.